The van der Waals surface area contributed by atoms with Gasteiger partial charge in [0.15, 0.2) is 0 Å². The van der Waals surface area contributed by atoms with Crippen LogP contribution >= 0.6 is 12.6 Å². The maximum Gasteiger partial charge on any atom is 0.232 e. The van der Waals surface area contributed by atoms with Gasteiger partial charge in [0.2, 0.25) is 5.88 Å². The van der Waals surface area contributed by atoms with E-state index in [1.807, 2.05) is 24.4 Å². The number of likely N-dealkylation sites (N-methyl/N-ethyl adjacent to an activating group) is 1. The minimum Gasteiger partial charge on any atom is -0.436 e. The first-order chi connectivity index (χ1) is 10.7. The van der Waals surface area contributed by atoms with Gasteiger partial charge in [0.1, 0.15) is 5.75 Å². The van der Waals surface area contributed by atoms with E-state index in [0.717, 1.165) is 38.3 Å². The molecule has 1 fully saturated rings. The van der Waals surface area contributed by atoms with Crippen molar-refractivity contribution in [3.05, 3.63) is 36.8 Å². The summed E-state index contributed by atoms with van der Waals surface area (Å²) in [7, 11) is 2.16. The van der Waals surface area contributed by atoms with E-state index in [1.54, 1.807) is 12.4 Å². The van der Waals surface area contributed by atoms with Crippen LogP contribution in [0.15, 0.2) is 41.7 Å². The van der Waals surface area contributed by atoms with Crippen molar-refractivity contribution in [1.29, 1.82) is 0 Å². The van der Waals surface area contributed by atoms with E-state index in [9.17, 15) is 0 Å². The van der Waals surface area contributed by atoms with E-state index in [2.05, 4.69) is 39.4 Å². The van der Waals surface area contributed by atoms with Crippen LogP contribution in [0.2, 0.25) is 0 Å². The number of rotatable bonds is 3. The van der Waals surface area contributed by atoms with Crippen LogP contribution in [0.5, 0.6) is 11.6 Å². The smallest absolute Gasteiger partial charge is 0.232 e. The second-order valence-electron chi connectivity index (χ2n) is 5.45. The molecule has 1 aliphatic rings. The zero-order valence-corrected chi connectivity index (χ0v) is 13.5. The highest BCUT2D eigenvalue weighted by Crippen LogP contribution is 2.27. The Kier molecular flexibility index (Phi) is 4.80. The average molecular weight is 316 g/mol. The summed E-state index contributed by atoms with van der Waals surface area (Å²) in [5.74, 6) is 1.18. The molecule has 22 heavy (non-hydrogen) atoms. The fourth-order valence-corrected chi connectivity index (χ4v) is 2.70. The first kappa shape index (κ1) is 15.1. The predicted octanol–water partition coefficient (Wildman–Crippen LogP) is 2.70. The van der Waals surface area contributed by atoms with Crippen LogP contribution in [0.4, 0.5) is 5.69 Å². The number of nitrogens with zero attached hydrogens (tertiary/aromatic N) is 4. The van der Waals surface area contributed by atoms with E-state index < -0.39 is 0 Å². The number of hydrogen-bond acceptors (Lipinski definition) is 6. The van der Waals surface area contributed by atoms with Gasteiger partial charge in [0, 0.05) is 31.9 Å². The van der Waals surface area contributed by atoms with E-state index in [1.165, 1.54) is 0 Å². The summed E-state index contributed by atoms with van der Waals surface area (Å²) < 4.78 is 5.81. The summed E-state index contributed by atoms with van der Waals surface area (Å²) in [5.41, 5.74) is 1.09. The third-order valence-electron chi connectivity index (χ3n) is 3.75. The Balaban J connectivity index is 1.76. The first-order valence-electron chi connectivity index (χ1n) is 7.43. The topological polar surface area (TPSA) is 41.5 Å². The zero-order valence-electron chi connectivity index (χ0n) is 12.6. The summed E-state index contributed by atoms with van der Waals surface area (Å²) >= 11 is 4.36. The molecule has 1 aliphatic heterocycles. The molecule has 0 unspecified atom stereocenters. The molecule has 1 saturated heterocycles. The molecule has 0 aromatic carbocycles. The maximum absolute atomic E-state index is 5.81. The molecule has 5 nitrogen and oxygen atoms in total. The molecule has 3 rings (SSSR count). The van der Waals surface area contributed by atoms with Gasteiger partial charge < -0.3 is 14.5 Å². The molecular weight excluding hydrogens is 296 g/mol. The highest BCUT2D eigenvalue weighted by Gasteiger charge is 2.14. The molecule has 2 aromatic rings. The lowest BCUT2D eigenvalue weighted by atomic mass is 10.3. The lowest BCUT2D eigenvalue weighted by Gasteiger charge is -2.22. The lowest BCUT2D eigenvalue weighted by molar-refractivity contribution is 0.360. The van der Waals surface area contributed by atoms with Crippen LogP contribution in [0.3, 0.4) is 0 Å². The monoisotopic (exact) mass is 316 g/mol. The van der Waals surface area contributed by atoms with Crippen molar-refractivity contribution in [3.63, 3.8) is 0 Å². The fourth-order valence-electron chi connectivity index (χ4n) is 2.51. The van der Waals surface area contributed by atoms with Crippen LogP contribution in [-0.2, 0) is 0 Å². The molecule has 2 aromatic heterocycles. The molecule has 6 heteroatoms. The molecule has 0 atom stereocenters. The second kappa shape index (κ2) is 6.98. The Labute approximate surface area is 136 Å². The summed E-state index contributed by atoms with van der Waals surface area (Å²) in [6, 6.07) is 5.70. The van der Waals surface area contributed by atoms with Gasteiger partial charge in [-0.2, -0.15) is 0 Å². The SMILES string of the molecule is CN1CCCN(c2cncc(Oc3ncccc3S)c2)CC1. The van der Waals surface area contributed by atoms with Gasteiger partial charge in [-0.3, -0.25) is 4.98 Å². The van der Waals surface area contributed by atoms with Crippen LogP contribution in [-0.4, -0.2) is 48.1 Å². The lowest BCUT2D eigenvalue weighted by Crippen LogP contribution is -2.28. The summed E-state index contributed by atoms with van der Waals surface area (Å²) in [6.45, 7) is 4.24. The van der Waals surface area contributed by atoms with E-state index >= 15 is 0 Å². The Hall–Kier alpha value is -1.79. The molecule has 3 heterocycles. The molecule has 0 spiro atoms. The summed E-state index contributed by atoms with van der Waals surface area (Å²) in [5, 5.41) is 0. The minimum atomic E-state index is 0.500. The Bertz CT molecular complexity index is 637. The van der Waals surface area contributed by atoms with Crippen molar-refractivity contribution < 1.29 is 4.74 Å². The normalized spacial score (nSPS) is 16.4. The molecule has 0 saturated carbocycles. The van der Waals surface area contributed by atoms with Gasteiger partial charge in [-0.1, -0.05) is 0 Å². The van der Waals surface area contributed by atoms with Crippen LogP contribution in [0.25, 0.3) is 0 Å². The number of pyridine rings is 2. The Morgan fingerprint density at radius 1 is 1.18 bits per heavy atom. The summed E-state index contributed by atoms with van der Waals surface area (Å²) in [4.78, 5) is 13.9. The molecule has 0 radical (unpaired) electrons. The summed E-state index contributed by atoms with van der Waals surface area (Å²) in [6.07, 6.45) is 6.44. The largest absolute Gasteiger partial charge is 0.436 e. The van der Waals surface area contributed by atoms with Gasteiger partial charge in [-0.25, -0.2) is 4.98 Å². The molecule has 116 valence electrons. The molecule has 0 N–H and O–H groups in total. The zero-order chi connectivity index (χ0) is 15.4. The number of ether oxygens (including phenoxy) is 1. The number of aromatic nitrogens is 2. The number of hydrogen-bond donors (Lipinski definition) is 1. The maximum atomic E-state index is 5.81. The number of thiol groups is 1. The van der Waals surface area contributed by atoms with Crippen molar-refractivity contribution in [3.8, 4) is 11.6 Å². The van der Waals surface area contributed by atoms with Crippen molar-refractivity contribution in [2.45, 2.75) is 11.3 Å². The predicted molar refractivity (Wildman–Crippen MR) is 90.1 cm³/mol. The van der Waals surface area contributed by atoms with Gasteiger partial charge in [0.25, 0.3) is 0 Å². The second-order valence-corrected chi connectivity index (χ2v) is 5.93. The number of anilines is 1. The van der Waals surface area contributed by atoms with Crippen molar-refractivity contribution in [2.24, 2.45) is 0 Å². The van der Waals surface area contributed by atoms with Crippen LogP contribution in [0, 0.1) is 0 Å². The highest BCUT2D eigenvalue weighted by atomic mass is 32.1. The first-order valence-corrected chi connectivity index (χ1v) is 7.87. The van der Waals surface area contributed by atoms with Crippen molar-refractivity contribution >= 4 is 18.3 Å². The quantitative estimate of drug-likeness (QED) is 0.882. The van der Waals surface area contributed by atoms with Gasteiger partial charge >= 0.3 is 0 Å². The highest BCUT2D eigenvalue weighted by molar-refractivity contribution is 7.80. The van der Waals surface area contributed by atoms with E-state index in [0.29, 0.717) is 16.5 Å². The van der Waals surface area contributed by atoms with Crippen LogP contribution < -0.4 is 9.64 Å². The molecule has 0 aliphatic carbocycles. The van der Waals surface area contributed by atoms with Gasteiger partial charge in [-0.15, -0.1) is 12.6 Å². The third kappa shape index (κ3) is 3.69. The van der Waals surface area contributed by atoms with Gasteiger partial charge in [-0.05, 0) is 32.1 Å². The third-order valence-corrected chi connectivity index (χ3v) is 4.09. The Morgan fingerprint density at radius 2 is 2.09 bits per heavy atom. The molecule has 0 bridgehead atoms. The minimum absolute atomic E-state index is 0.500. The fraction of sp³-hybridized carbons (Fsp3) is 0.375. The van der Waals surface area contributed by atoms with E-state index in [-0.39, 0.29) is 0 Å². The van der Waals surface area contributed by atoms with Crippen molar-refractivity contribution in [1.82, 2.24) is 14.9 Å². The molecule has 0 amide bonds. The van der Waals surface area contributed by atoms with Crippen LogP contribution in [0.1, 0.15) is 6.42 Å². The standard InChI is InChI=1S/C16H20N4OS/c1-19-6-3-7-20(9-8-19)13-10-14(12-17-11-13)21-16-15(22)4-2-5-18-16/h2,4-5,10-12,22H,3,6-9H2,1H3. The van der Waals surface area contributed by atoms with Gasteiger partial charge in [0.05, 0.1) is 23.0 Å². The average Bonchev–Trinajstić information content (AvgIpc) is 2.75. The van der Waals surface area contributed by atoms with Crippen molar-refractivity contribution in [2.75, 3.05) is 38.1 Å². The van der Waals surface area contributed by atoms with E-state index in [4.69, 9.17) is 4.74 Å². The Morgan fingerprint density at radius 3 is 2.95 bits per heavy atom. The molecular formula is C16H20N4OS.